The van der Waals surface area contributed by atoms with E-state index in [0.29, 0.717) is 18.3 Å². The van der Waals surface area contributed by atoms with Gasteiger partial charge in [0.2, 0.25) is 11.7 Å². The van der Waals surface area contributed by atoms with E-state index in [1.165, 1.54) is 15.3 Å². The maximum Gasteiger partial charge on any atom is 0.241 e. The number of hydrogen-bond acceptors (Lipinski definition) is 7. The van der Waals surface area contributed by atoms with E-state index in [1.54, 1.807) is 11.3 Å². The quantitative estimate of drug-likeness (QED) is 0.492. The summed E-state index contributed by atoms with van der Waals surface area (Å²) in [6.45, 7) is 1.68. The predicted molar refractivity (Wildman–Crippen MR) is 102 cm³/mol. The predicted octanol–water partition coefficient (Wildman–Crippen LogP) is 5.07. The van der Waals surface area contributed by atoms with Gasteiger partial charge in [-0.1, -0.05) is 17.3 Å². The molecule has 0 N–H and O–H groups in total. The van der Waals surface area contributed by atoms with Crippen molar-refractivity contribution in [3.8, 4) is 10.7 Å². The number of aromatic nitrogens is 2. The highest BCUT2D eigenvalue weighted by atomic mass is 32.1. The molecule has 0 saturated heterocycles. The van der Waals surface area contributed by atoms with Gasteiger partial charge in [0.1, 0.15) is 0 Å². The van der Waals surface area contributed by atoms with Crippen molar-refractivity contribution in [2.45, 2.75) is 19.0 Å². The van der Waals surface area contributed by atoms with Crippen molar-refractivity contribution in [3.05, 3.63) is 67.7 Å². The van der Waals surface area contributed by atoms with E-state index in [9.17, 15) is 0 Å². The average molecular weight is 386 g/mol. The number of nitrogens with zero attached hydrogens (tertiary/aromatic N) is 3. The molecule has 0 radical (unpaired) electrons. The summed E-state index contributed by atoms with van der Waals surface area (Å²) < 4.78 is 5.54. The van der Waals surface area contributed by atoms with Crippen molar-refractivity contribution in [2.24, 2.45) is 0 Å². The standard InChI is InChI=1S/C18H15N3OS3/c1-3-14(23-8-1)17-12-6-10-25-13(12)5-7-21(17)11-16-19-18(20-22-16)15-4-2-9-24-15/h1-4,6,8-10,17H,5,7,11H2. The number of thiophene rings is 3. The van der Waals surface area contributed by atoms with Gasteiger partial charge in [-0.2, -0.15) is 4.98 Å². The van der Waals surface area contributed by atoms with Crippen molar-refractivity contribution in [3.63, 3.8) is 0 Å². The van der Waals surface area contributed by atoms with Crippen LogP contribution < -0.4 is 0 Å². The SMILES string of the molecule is c1csc(-c2noc(CN3CCc4sccc4C3c3cccs3)n2)c1. The van der Waals surface area contributed by atoms with Gasteiger partial charge in [0.15, 0.2) is 0 Å². The lowest BCUT2D eigenvalue weighted by Gasteiger charge is -2.34. The fraction of sp³-hybridized carbons (Fsp3) is 0.222. The van der Waals surface area contributed by atoms with Crippen molar-refractivity contribution < 1.29 is 4.52 Å². The molecule has 5 heterocycles. The Bertz CT molecular complexity index is 956. The van der Waals surface area contributed by atoms with Crippen LogP contribution in [0.4, 0.5) is 0 Å². The van der Waals surface area contributed by atoms with Gasteiger partial charge in [-0.05, 0) is 46.3 Å². The van der Waals surface area contributed by atoms with Gasteiger partial charge < -0.3 is 4.52 Å². The van der Waals surface area contributed by atoms with Crippen molar-refractivity contribution in [1.82, 2.24) is 15.0 Å². The Morgan fingerprint density at radius 3 is 2.84 bits per heavy atom. The zero-order chi connectivity index (χ0) is 16.6. The van der Waals surface area contributed by atoms with E-state index in [2.05, 4.69) is 44.0 Å². The Hall–Kier alpha value is -1.80. The third-order valence-corrected chi connectivity index (χ3v) is 7.21. The Morgan fingerprint density at radius 2 is 2.00 bits per heavy atom. The molecule has 0 bridgehead atoms. The third kappa shape index (κ3) is 2.87. The molecule has 0 fully saturated rings. The zero-order valence-electron chi connectivity index (χ0n) is 13.3. The highest BCUT2D eigenvalue weighted by Crippen LogP contribution is 2.40. The number of rotatable bonds is 4. The van der Waals surface area contributed by atoms with Crippen molar-refractivity contribution in [1.29, 1.82) is 0 Å². The largest absolute Gasteiger partial charge is 0.338 e. The monoisotopic (exact) mass is 385 g/mol. The summed E-state index contributed by atoms with van der Waals surface area (Å²) in [7, 11) is 0. The molecule has 5 rings (SSSR count). The molecule has 7 heteroatoms. The van der Waals surface area contributed by atoms with Crippen LogP contribution in [-0.2, 0) is 13.0 Å². The summed E-state index contributed by atoms with van der Waals surface area (Å²) in [5.41, 5.74) is 1.43. The Morgan fingerprint density at radius 1 is 1.08 bits per heavy atom. The van der Waals surface area contributed by atoms with Gasteiger partial charge in [-0.15, -0.1) is 34.0 Å². The fourth-order valence-electron chi connectivity index (χ4n) is 3.32. The summed E-state index contributed by atoms with van der Waals surface area (Å²) in [6.07, 6.45) is 1.08. The summed E-state index contributed by atoms with van der Waals surface area (Å²) in [4.78, 5) is 11.0. The van der Waals surface area contributed by atoms with Gasteiger partial charge >= 0.3 is 0 Å². The van der Waals surface area contributed by atoms with E-state index in [0.717, 1.165) is 17.8 Å². The van der Waals surface area contributed by atoms with E-state index in [-0.39, 0.29) is 6.04 Å². The lowest BCUT2D eigenvalue weighted by atomic mass is 9.98. The molecule has 0 saturated carbocycles. The van der Waals surface area contributed by atoms with Crippen molar-refractivity contribution in [2.75, 3.05) is 6.54 Å². The molecule has 4 nitrogen and oxygen atoms in total. The third-order valence-electron chi connectivity index (χ3n) is 4.43. The van der Waals surface area contributed by atoms with Gasteiger partial charge in [0.25, 0.3) is 0 Å². The molecular weight excluding hydrogens is 370 g/mol. The lowest BCUT2D eigenvalue weighted by molar-refractivity contribution is 0.181. The van der Waals surface area contributed by atoms with E-state index in [1.807, 2.05) is 40.2 Å². The van der Waals surface area contributed by atoms with Crippen LogP contribution in [0.2, 0.25) is 0 Å². The lowest BCUT2D eigenvalue weighted by Crippen LogP contribution is -2.34. The molecule has 0 amide bonds. The molecule has 4 aromatic heterocycles. The highest BCUT2D eigenvalue weighted by Gasteiger charge is 2.31. The van der Waals surface area contributed by atoms with E-state index in [4.69, 9.17) is 4.52 Å². The molecular formula is C18H15N3OS3. The van der Waals surface area contributed by atoms with Gasteiger partial charge in [0, 0.05) is 16.3 Å². The Balaban J connectivity index is 1.45. The summed E-state index contributed by atoms with van der Waals surface area (Å²) >= 11 is 5.31. The molecule has 25 heavy (non-hydrogen) atoms. The molecule has 0 spiro atoms. The van der Waals surface area contributed by atoms with Gasteiger partial charge in [0.05, 0.1) is 17.5 Å². The first kappa shape index (κ1) is 15.5. The van der Waals surface area contributed by atoms with Crippen LogP contribution in [0.15, 0.2) is 51.0 Å². The van der Waals surface area contributed by atoms with Crippen LogP contribution in [0.1, 0.15) is 27.3 Å². The topological polar surface area (TPSA) is 42.2 Å². The van der Waals surface area contributed by atoms with Crippen LogP contribution >= 0.6 is 34.0 Å². The molecule has 1 aliphatic rings. The normalized spacial score (nSPS) is 17.7. The highest BCUT2D eigenvalue weighted by molar-refractivity contribution is 7.13. The fourth-order valence-corrected chi connectivity index (χ4v) is 5.75. The molecule has 1 aliphatic heterocycles. The minimum Gasteiger partial charge on any atom is -0.338 e. The van der Waals surface area contributed by atoms with Crippen molar-refractivity contribution >= 4 is 34.0 Å². The second-order valence-electron chi connectivity index (χ2n) is 5.93. The second kappa shape index (κ2) is 6.49. The minimum atomic E-state index is 0.284. The molecule has 0 aromatic carbocycles. The summed E-state index contributed by atoms with van der Waals surface area (Å²) in [5, 5.41) is 10.5. The van der Waals surface area contributed by atoms with E-state index < -0.39 is 0 Å². The summed E-state index contributed by atoms with van der Waals surface area (Å²) in [6, 6.07) is 10.9. The van der Waals surface area contributed by atoms with Gasteiger partial charge in [-0.3, -0.25) is 4.90 Å². The summed E-state index contributed by atoms with van der Waals surface area (Å²) in [5.74, 6) is 1.37. The van der Waals surface area contributed by atoms with Crippen LogP contribution in [0, 0.1) is 0 Å². The van der Waals surface area contributed by atoms with Crippen LogP contribution in [0.5, 0.6) is 0 Å². The maximum absolute atomic E-state index is 5.54. The van der Waals surface area contributed by atoms with E-state index >= 15 is 0 Å². The molecule has 0 aliphatic carbocycles. The first-order valence-corrected chi connectivity index (χ1v) is 10.7. The molecule has 4 aromatic rings. The second-order valence-corrected chi connectivity index (χ2v) is 8.85. The number of hydrogen-bond donors (Lipinski definition) is 0. The molecule has 1 atom stereocenters. The smallest absolute Gasteiger partial charge is 0.241 e. The first-order chi connectivity index (χ1) is 12.4. The Kier molecular flexibility index (Phi) is 4.01. The van der Waals surface area contributed by atoms with Crippen LogP contribution in [-0.4, -0.2) is 21.6 Å². The number of fused-ring (bicyclic) bond motifs is 1. The Labute approximate surface area is 157 Å². The molecule has 126 valence electrons. The average Bonchev–Trinajstić information content (AvgIpc) is 3.39. The van der Waals surface area contributed by atoms with Gasteiger partial charge in [-0.25, -0.2) is 0 Å². The molecule has 1 unspecified atom stereocenters. The van der Waals surface area contributed by atoms with Crippen LogP contribution in [0.25, 0.3) is 10.7 Å². The minimum absolute atomic E-state index is 0.284. The maximum atomic E-state index is 5.54. The zero-order valence-corrected chi connectivity index (χ0v) is 15.7. The first-order valence-electron chi connectivity index (χ1n) is 8.08. The van der Waals surface area contributed by atoms with Crippen LogP contribution in [0.3, 0.4) is 0 Å².